The van der Waals surface area contributed by atoms with Crippen molar-refractivity contribution in [1.29, 1.82) is 0 Å². The number of aliphatic hydroxyl groups is 4. The second kappa shape index (κ2) is 62.6. The van der Waals surface area contributed by atoms with Gasteiger partial charge in [-0.05, 0) is 44.9 Å². The maximum atomic E-state index is 12.6. The SMILES string of the molecule is CCCCCCCCCCC/C=C\C/C=C\CCCCCCCCCCCCC(O)C(=O)NC(CO)C(O)C(O)CCCCCCCCCCCCCCCCCCCCCCCCCCCCCCCCCC. The summed E-state index contributed by atoms with van der Waals surface area (Å²) in [5.74, 6) is -0.580. The van der Waals surface area contributed by atoms with Crippen molar-refractivity contribution in [1.82, 2.24) is 5.32 Å². The second-order valence-corrected chi connectivity index (χ2v) is 23.5. The van der Waals surface area contributed by atoms with Crippen LogP contribution >= 0.6 is 0 Å². The van der Waals surface area contributed by atoms with Gasteiger partial charge in [-0.3, -0.25) is 4.79 Å². The summed E-state index contributed by atoms with van der Waals surface area (Å²) in [7, 11) is 0. The van der Waals surface area contributed by atoms with Gasteiger partial charge < -0.3 is 25.7 Å². The third-order valence-electron chi connectivity index (χ3n) is 16.2. The largest absolute Gasteiger partial charge is 0.394 e. The Balaban J connectivity index is 3.55. The minimum atomic E-state index is -1.26. The lowest BCUT2D eigenvalue weighted by atomic mass is 9.99. The van der Waals surface area contributed by atoms with Gasteiger partial charge in [0.1, 0.15) is 12.2 Å². The van der Waals surface area contributed by atoms with Gasteiger partial charge in [-0.1, -0.05) is 353 Å². The average Bonchev–Trinajstić information content (AvgIpc) is 3.41. The molecule has 0 saturated heterocycles. The van der Waals surface area contributed by atoms with Gasteiger partial charge in [0, 0.05) is 0 Å². The van der Waals surface area contributed by atoms with Crippen LogP contribution in [0.15, 0.2) is 24.3 Å². The molecule has 0 aliphatic rings. The van der Waals surface area contributed by atoms with Crippen LogP contribution in [-0.2, 0) is 4.79 Å². The monoisotopic (exact) mass is 1040 g/mol. The quantitative estimate of drug-likeness (QED) is 0.0308. The van der Waals surface area contributed by atoms with Gasteiger partial charge >= 0.3 is 0 Å². The van der Waals surface area contributed by atoms with Crippen LogP contribution in [0, 0.1) is 0 Å². The second-order valence-electron chi connectivity index (χ2n) is 23.5. The molecule has 0 aliphatic heterocycles. The Labute approximate surface area is 463 Å². The smallest absolute Gasteiger partial charge is 0.249 e. The van der Waals surface area contributed by atoms with Crippen LogP contribution in [0.1, 0.15) is 373 Å². The highest BCUT2D eigenvalue weighted by atomic mass is 16.3. The zero-order chi connectivity index (χ0) is 53.7. The van der Waals surface area contributed by atoms with Crippen LogP contribution in [0.25, 0.3) is 0 Å². The molecule has 4 atom stereocenters. The molecule has 0 aromatic heterocycles. The third-order valence-corrected chi connectivity index (χ3v) is 16.2. The van der Waals surface area contributed by atoms with Crippen molar-refractivity contribution >= 4 is 5.91 Å². The molecular formula is C68H133NO5. The summed E-state index contributed by atoms with van der Waals surface area (Å²) < 4.78 is 0. The molecule has 0 aromatic rings. The number of unbranched alkanes of at least 4 members (excludes halogenated alkanes) is 50. The Morgan fingerprint density at radius 1 is 0.338 bits per heavy atom. The van der Waals surface area contributed by atoms with Crippen molar-refractivity contribution in [2.24, 2.45) is 0 Å². The molecule has 440 valence electrons. The summed E-state index contributed by atoms with van der Waals surface area (Å²) in [5.41, 5.74) is 0. The van der Waals surface area contributed by atoms with Crippen LogP contribution in [0.2, 0.25) is 0 Å². The average molecular weight is 1040 g/mol. The highest BCUT2D eigenvalue weighted by molar-refractivity contribution is 5.80. The molecule has 0 aliphatic carbocycles. The van der Waals surface area contributed by atoms with Crippen molar-refractivity contribution in [3.05, 3.63) is 24.3 Å². The first kappa shape index (κ1) is 72.8. The van der Waals surface area contributed by atoms with Gasteiger partial charge in [-0.15, -0.1) is 0 Å². The predicted molar refractivity (Wildman–Crippen MR) is 325 cm³/mol. The lowest BCUT2D eigenvalue weighted by Gasteiger charge is -2.27. The van der Waals surface area contributed by atoms with E-state index in [1.54, 1.807) is 0 Å². The van der Waals surface area contributed by atoms with E-state index in [0.717, 1.165) is 44.9 Å². The number of rotatable bonds is 63. The Morgan fingerprint density at radius 2 is 0.581 bits per heavy atom. The van der Waals surface area contributed by atoms with Gasteiger partial charge in [0.15, 0.2) is 0 Å². The zero-order valence-corrected chi connectivity index (χ0v) is 50.1. The van der Waals surface area contributed by atoms with E-state index in [9.17, 15) is 25.2 Å². The van der Waals surface area contributed by atoms with Crippen molar-refractivity contribution < 1.29 is 25.2 Å². The van der Waals surface area contributed by atoms with Crippen molar-refractivity contribution in [3.63, 3.8) is 0 Å². The Hall–Kier alpha value is -1.21. The normalized spacial score (nSPS) is 13.6. The first-order chi connectivity index (χ1) is 36.5. The molecule has 6 heteroatoms. The highest BCUT2D eigenvalue weighted by Crippen LogP contribution is 2.19. The first-order valence-electron chi connectivity index (χ1n) is 33.7. The van der Waals surface area contributed by atoms with Crippen molar-refractivity contribution in [3.8, 4) is 0 Å². The molecule has 1 amide bonds. The van der Waals surface area contributed by atoms with E-state index in [4.69, 9.17) is 0 Å². The van der Waals surface area contributed by atoms with E-state index in [1.165, 1.54) is 302 Å². The van der Waals surface area contributed by atoms with Gasteiger partial charge in [-0.25, -0.2) is 0 Å². The number of hydrogen-bond donors (Lipinski definition) is 5. The van der Waals surface area contributed by atoms with Gasteiger partial charge in [0.25, 0.3) is 0 Å². The first-order valence-corrected chi connectivity index (χ1v) is 33.7. The standard InChI is InChI=1S/C68H133NO5/c1-3-5-7-9-11-13-15-17-19-21-23-25-27-29-31-32-33-34-35-36-38-39-41-43-45-47-49-51-53-55-57-59-61-65(71)67(73)64(63-70)69-68(74)66(72)62-60-58-56-54-52-50-48-46-44-42-40-37-30-28-26-24-22-20-18-16-14-12-10-8-6-4-2/h24,26,30,37,64-67,70-73H,3-23,25,27-29,31-36,38-63H2,1-2H3,(H,69,74)/b26-24-,37-30-. The fourth-order valence-electron chi connectivity index (χ4n) is 10.9. The molecule has 0 rings (SSSR count). The topological polar surface area (TPSA) is 110 Å². The number of nitrogens with one attached hydrogen (secondary N) is 1. The molecular weight excluding hydrogens is 911 g/mol. The Kier molecular flexibility index (Phi) is 61.6. The fourth-order valence-corrected chi connectivity index (χ4v) is 10.9. The number of aliphatic hydroxyl groups excluding tert-OH is 4. The van der Waals surface area contributed by atoms with E-state index < -0.39 is 36.9 Å². The molecule has 0 bridgehead atoms. The summed E-state index contributed by atoms with van der Waals surface area (Å²) in [4.78, 5) is 12.6. The van der Waals surface area contributed by atoms with Gasteiger partial charge in [0.2, 0.25) is 5.91 Å². The van der Waals surface area contributed by atoms with Crippen LogP contribution in [0.5, 0.6) is 0 Å². The van der Waals surface area contributed by atoms with E-state index in [-0.39, 0.29) is 0 Å². The molecule has 0 radical (unpaired) electrons. The van der Waals surface area contributed by atoms with E-state index in [0.29, 0.717) is 12.8 Å². The Morgan fingerprint density at radius 3 is 0.851 bits per heavy atom. The van der Waals surface area contributed by atoms with Crippen molar-refractivity contribution in [2.45, 2.75) is 398 Å². The molecule has 74 heavy (non-hydrogen) atoms. The van der Waals surface area contributed by atoms with Gasteiger partial charge in [-0.2, -0.15) is 0 Å². The molecule has 0 fully saturated rings. The lowest BCUT2D eigenvalue weighted by Crippen LogP contribution is -2.53. The summed E-state index contributed by atoms with van der Waals surface area (Å²) in [6.07, 6.45) is 78.6. The summed E-state index contributed by atoms with van der Waals surface area (Å²) in [5, 5.41) is 44.2. The maximum Gasteiger partial charge on any atom is 0.249 e. The number of carbonyl (C=O) groups excluding carboxylic acids is 1. The van der Waals surface area contributed by atoms with Gasteiger partial charge in [0.05, 0.1) is 18.8 Å². The van der Waals surface area contributed by atoms with E-state index >= 15 is 0 Å². The van der Waals surface area contributed by atoms with Crippen LogP contribution in [0.4, 0.5) is 0 Å². The minimum Gasteiger partial charge on any atom is -0.394 e. The molecule has 4 unspecified atom stereocenters. The number of allylic oxidation sites excluding steroid dienone is 4. The molecule has 0 heterocycles. The Bertz CT molecular complexity index is 1130. The molecule has 0 spiro atoms. The fraction of sp³-hybridized carbons (Fsp3) is 0.926. The molecule has 0 saturated carbocycles. The number of hydrogen-bond acceptors (Lipinski definition) is 5. The summed E-state index contributed by atoms with van der Waals surface area (Å²) >= 11 is 0. The summed E-state index contributed by atoms with van der Waals surface area (Å²) in [6.45, 7) is 4.10. The maximum absolute atomic E-state index is 12.6. The minimum absolute atomic E-state index is 0.367. The zero-order valence-electron chi connectivity index (χ0n) is 50.1. The summed E-state index contributed by atoms with van der Waals surface area (Å²) in [6, 6.07) is -0.988. The number of carbonyl (C=O) groups is 1. The number of amides is 1. The third kappa shape index (κ3) is 55.5. The van der Waals surface area contributed by atoms with Crippen LogP contribution in [0.3, 0.4) is 0 Å². The van der Waals surface area contributed by atoms with E-state index in [1.807, 2.05) is 0 Å². The predicted octanol–water partition coefficient (Wildman–Crippen LogP) is 20.5. The molecule has 5 N–H and O–H groups in total. The van der Waals surface area contributed by atoms with Crippen LogP contribution < -0.4 is 5.32 Å². The highest BCUT2D eigenvalue weighted by Gasteiger charge is 2.28. The molecule has 0 aromatic carbocycles. The van der Waals surface area contributed by atoms with Crippen molar-refractivity contribution in [2.75, 3.05) is 6.61 Å². The van der Waals surface area contributed by atoms with Crippen LogP contribution in [-0.4, -0.2) is 57.3 Å². The molecule has 6 nitrogen and oxygen atoms in total. The lowest BCUT2D eigenvalue weighted by molar-refractivity contribution is -0.132. The van der Waals surface area contributed by atoms with E-state index in [2.05, 4.69) is 43.5 Å².